The number of carbonyl (C=O) groups is 1. The van der Waals surface area contributed by atoms with Gasteiger partial charge in [-0.2, -0.15) is 0 Å². The first-order valence-electron chi connectivity index (χ1n) is 5.64. The van der Waals surface area contributed by atoms with Crippen LogP contribution in [-0.2, 0) is 4.79 Å². The van der Waals surface area contributed by atoms with Crippen LogP contribution in [0.15, 0.2) is 41.4 Å². The third-order valence-corrected chi connectivity index (χ3v) is 4.05. The Hall–Kier alpha value is -1.33. The van der Waals surface area contributed by atoms with Crippen LogP contribution in [0.5, 0.6) is 0 Å². The maximum Gasteiger partial charge on any atom is 0.226 e. The highest BCUT2D eigenvalue weighted by molar-refractivity contribution is 7.99. The second-order valence-electron chi connectivity index (χ2n) is 3.74. The Morgan fingerprint density at radius 1 is 1.39 bits per heavy atom. The number of carbonyl (C=O) groups excluding carboxylic acids is 1. The van der Waals surface area contributed by atoms with Gasteiger partial charge in [0.2, 0.25) is 5.91 Å². The molecular formula is C13H14N2OS2. The molecule has 1 amide bonds. The van der Waals surface area contributed by atoms with Crippen molar-refractivity contribution in [2.75, 3.05) is 11.1 Å². The van der Waals surface area contributed by atoms with Gasteiger partial charge in [0.25, 0.3) is 0 Å². The highest BCUT2D eigenvalue weighted by atomic mass is 32.2. The number of benzene rings is 1. The number of aryl methyl sites for hydroxylation is 1. The Morgan fingerprint density at radius 2 is 2.17 bits per heavy atom. The van der Waals surface area contributed by atoms with Gasteiger partial charge < -0.3 is 5.32 Å². The van der Waals surface area contributed by atoms with Crippen molar-refractivity contribution in [2.45, 2.75) is 18.2 Å². The maximum absolute atomic E-state index is 11.7. The molecule has 0 bridgehead atoms. The summed E-state index contributed by atoms with van der Waals surface area (Å²) in [6.07, 6.45) is 2.26. The number of nitrogens with one attached hydrogen (secondary N) is 1. The van der Waals surface area contributed by atoms with Crippen LogP contribution in [0.3, 0.4) is 0 Å². The largest absolute Gasteiger partial charge is 0.302 e. The monoisotopic (exact) mass is 278 g/mol. The van der Waals surface area contributed by atoms with E-state index in [1.165, 1.54) is 16.2 Å². The zero-order chi connectivity index (χ0) is 12.8. The average molecular weight is 278 g/mol. The van der Waals surface area contributed by atoms with Crippen molar-refractivity contribution in [3.63, 3.8) is 0 Å². The molecule has 2 rings (SSSR count). The van der Waals surface area contributed by atoms with Gasteiger partial charge in [-0.05, 0) is 19.1 Å². The quantitative estimate of drug-likeness (QED) is 0.850. The molecule has 1 N–H and O–H groups in total. The highest BCUT2D eigenvalue weighted by Crippen LogP contribution is 2.19. The van der Waals surface area contributed by atoms with E-state index >= 15 is 0 Å². The van der Waals surface area contributed by atoms with Gasteiger partial charge >= 0.3 is 0 Å². The molecule has 0 aliphatic heterocycles. The Labute approximate surface area is 115 Å². The molecule has 1 heterocycles. The van der Waals surface area contributed by atoms with E-state index in [0.29, 0.717) is 11.6 Å². The lowest BCUT2D eigenvalue weighted by Gasteiger charge is -2.02. The molecule has 0 spiro atoms. The Balaban J connectivity index is 1.72. The molecule has 1 aromatic heterocycles. The van der Waals surface area contributed by atoms with Crippen LogP contribution in [0, 0.1) is 6.92 Å². The first-order chi connectivity index (χ1) is 8.74. The van der Waals surface area contributed by atoms with Crippen molar-refractivity contribution >= 4 is 34.1 Å². The number of rotatable bonds is 5. The summed E-state index contributed by atoms with van der Waals surface area (Å²) in [5.74, 6) is 0.799. The van der Waals surface area contributed by atoms with Crippen LogP contribution in [0.1, 0.15) is 11.3 Å². The molecule has 0 radical (unpaired) electrons. The lowest BCUT2D eigenvalue weighted by Crippen LogP contribution is -2.11. The topological polar surface area (TPSA) is 42.0 Å². The van der Waals surface area contributed by atoms with Gasteiger partial charge in [-0.15, -0.1) is 23.1 Å². The van der Waals surface area contributed by atoms with E-state index < -0.39 is 0 Å². The van der Waals surface area contributed by atoms with Crippen LogP contribution in [0.2, 0.25) is 0 Å². The molecule has 3 nitrogen and oxygen atoms in total. The number of hydrogen-bond donors (Lipinski definition) is 1. The van der Waals surface area contributed by atoms with Crippen molar-refractivity contribution in [3.05, 3.63) is 41.4 Å². The molecule has 0 aliphatic rings. The minimum Gasteiger partial charge on any atom is -0.302 e. The summed E-state index contributed by atoms with van der Waals surface area (Å²) in [4.78, 5) is 18.0. The smallest absolute Gasteiger partial charge is 0.226 e. The van der Waals surface area contributed by atoms with Crippen LogP contribution in [0.25, 0.3) is 0 Å². The third kappa shape index (κ3) is 4.16. The maximum atomic E-state index is 11.7. The molecule has 0 fully saturated rings. The molecule has 0 unspecified atom stereocenters. The Bertz CT molecular complexity index is 511. The number of thioether (sulfide) groups is 1. The van der Waals surface area contributed by atoms with E-state index in [1.807, 2.05) is 37.3 Å². The van der Waals surface area contributed by atoms with Crippen LogP contribution in [-0.4, -0.2) is 16.6 Å². The molecule has 0 saturated carbocycles. The Morgan fingerprint density at radius 3 is 2.83 bits per heavy atom. The minimum absolute atomic E-state index is 0.0211. The fourth-order valence-corrected chi connectivity index (χ4v) is 2.93. The SMILES string of the molecule is Cc1cnc(NC(=O)CCSc2ccccc2)s1. The number of hydrogen-bond acceptors (Lipinski definition) is 4. The lowest BCUT2D eigenvalue weighted by atomic mass is 10.4. The molecule has 5 heteroatoms. The highest BCUT2D eigenvalue weighted by Gasteiger charge is 2.05. The molecule has 0 aliphatic carbocycles. The van der Waals surface area contributed by atoms with E-state index in [4.69, 9.17) is 0 Å². The van der Waals surface area contributed by atoms with E-state index in [-0.39, 0.29) is 5.91 Å². The zero-order valence-corrected chi connectivity index (χ0v) is 11.7. The summed E-state index contributed by atoms with van der Waals surface area (Å²) in [6.45, 7) is 1.97. The van der Waals surface area contributed by atoms with Gasteiger partial charge in [-0.3, -0.25) is 4.79 Å². The lowest BCUT2D eigenvalue weighted by molar-refractivity contribution is -0.115. The van der Waals surface area contributed by atoms with Crippen molar-refractivity contribution in [3.8, 4) is 0 Å². The zero-order valence-electron chi connectivity index (χ0n) is 10.1. The normalized spacial score (nSPS) is 10.3. The second kappa shape index (κ2) is 6.56. The molecule has 94 valence electrons. The van der Waals surface area contributed by atoms with E-state index in [0.717, 1.165) is 10.6 Å². The average Bonchev–Trinajstić information content (AvgIpc) is 2.76. The first kappa shape index (κ1) is 13.1. The molecule has 0 saturated heterocycles. The van der Waals surface area contributed by atoms with Crippen LogP contribution >= 0.6 is 23.1 Å². The summed E-state index contributed by atoms with van der Waals surface area (Å²) in [6, 6.07) is 10.1. The number of amides is 1. The first-order valence-corrected chi connectivity index (χ1v) is 7.44. The van der Waals surface area contributed by atoms with Crippen molar-refractivity contribution in [1.82, 2.24) is 4.98 Å². The van der Waals surface area contributed by atoms with Gasteiger partial charge in [0.15, 0.2) is 5.13 Å². The molecule has 0 atom stereocenters. The summed E-state index contributed by atoms with van der Waals surface area (Å²) < 4.78 is 0. The van der Waals surface area contributed by atoms with Gasteiger partial charge in [0, 0.05) is 28.1 Å². The number of nitrogens with zero attached hydrogens (tertiary/aromatic N) is 1. The molecular weight excluding hydrogens is 264 g/mol. The molecule has 18 heavy (non-hydrogen) atoms. The van der Waals surface area contributed by atoms with Gasteiger partial charge in [0.05, 0.1) is 0 Å². The standard InChI is InChI=1S/C13H14N2OS2/c1-10-9-14-13(18-10)15-12(16)7-8-17-11-5-3-2-4-6-11/h2-6,9H,7-8H2,1H3,(H,14,15,16). The number of aromatic nitrogens is 1. The van der Waals surface area contributed by atoms with Crippen LogP contribution < -0.4 is 5.32 Å². The predicted octanol–water partition coefficient (Wildman–Crippen LogP) is 3.57. The summed E-state index contributed by atoms with van der Waals surface area (Å²) >= 11 is 3.18. The van der Waals surface area contributed by atoms with Crippen molar-refractivity contribution in [2.24, 2.45) is 0 Å². The number of anilines is 1. The van der Waals surface area contributed by atoms with Crippen molar-refractivity contribution < 1.29 is 4.79 Å². The summed E-state index contributed by atoms with van der Waals surface area (Å²) in [5, 5.41) is 3.49. The fourth-order valence-electron chi connectivity index (χ4n) is 1.37. The molecule has 2 aromatic rings. The van der Waals surface area contributed by atoms with Gasteiger partial charge in [-0.1, -0.05) is 18.2 Å². The fraction of sp³-hybridized carbons (Fsp3) is 0.231. The van der Waals surface area contributed by atoms with Gasteiger partial charge in [-0.25, -0.2) is 4.98 Å². The van der Waals surface area contributed by atoms with Crippen molar-refractivity contribution in [1.29, 1.82) is 0 Å². The van der Waals surface area contributed by atoms with E-state index in [1.54, 1.807) is 18.0 Å². The predicted molar refractivity (Wildman–Crippen MR) is 77.3 cm³/mol. The minimum atomic E-state index is 0.0211. The van der Waals surface area contributed by atoms with Crippen LogP contribution in [0.4, 0.5) is 5.13 Å². The number of thiazole rings is 1. The summed E-state index contributed by atoms with van der Waals surface area (Å²) in [5.41, 5.74) is 0. The molecule has 1 aromatic carbocycles. The third-order valence-electron chi connectivity index (χ3n) is 2.21. The second-order valence-corrected chi connectivity index (χ2v) is 6.14. The summed E-state index contributed by atoms with van der Waals surface area (Å²) in [7, 11) is 0. The van der Waals surface area contributed by atoms with Gasteiger partial charge in [0.1, 0.15) is 0 Å². The van der Waals surface area contributed by atoms with E-state index in [2.05, 4.69) is 10.3 Å². The Kier molecular flexibility index (Phi) is 4.78. The van der Waals surface area contributed by atoms with E-state index in [9.17, 15) is 4.79 Å².